The summed E-state index contributed by atoms with van der Waals surface area (Å²) in [7, 11) is 0. The van der Waals surface area contributed by atoms with E-state index in [0.717, 1.165) is 33.5 Å². The lowest BCUT2D eigenvalue weighted by Crippen LogP contribution is -2.18. The van der Waals surface area contributed by atoms with Crippen molar-refractivity contribution < 1.29 is 4.79 Å². The Kier molecular flexibility index (Phi) is 4.23. The van der Waals surface area contributed by atoms with Crippen LogP contribution in [0.1, 0.15) is 22.5 Å². The fourth-order valence-electron chi connectivity index (χ4n) is 3.23. The SMILES string of the molecule is NC(=O)Cc1c(Cc2ccccc2)ncn1Cc1cccc2[nH]cnc12. The van der Waals surface area contributed by atoms with Gasteiger partial charge in [0.1, 0.15) is 0 Å². The molecule has 3 N–H and O–H groups in total. The number of nitrogens with two attached hydrogens (primary N) is 1. The second kappa shape index (κ2) is 6.84. The minimum atomic E-state index is -0.362. The van der Waals surface area contributed by atoms with Gasteiger partial charge in [-0.1, -0.05) is 42.5 Å². The molecule has 4 rings (SSSR count). The summed E-state index contributed by atoms with van der Waals surface area (Å²) in [6, 6.07) is 16.1. The van der Waals surface area contributed by atoms with Crippen molar-refractivity contribution in [1.82, 2.24) is 19.5 Å². The van der Waals surface area contributed by atoms with Gasteiger partial charge in [0.05, 0.1) is 48.0 Å². The number of hydrogen-bond donors (Lipinski definition) is 2. The van der Waals surface area contributed by atoms with Crippen LogP contribution in [-0.4, -0.2) is 25.4 Å². The van der Waals surface area contributed by atoms with E-state index < -0.39 is 0 Å². The first kappa shape index (κ1) is 16.1. The third-order valence-electron chi connectivity index (χ3n) is 4.46. The number of H-pyrrole nitrogens is 1. The number of para-hydroxylation sites is 1. The number of carbonyl (C=O) groups excluding carboxylic acids is 1. The summed E-state index contributed by atoms with van der Waals surface area (Å²) in [5, 5.41) is 0. The van der Waals surface area contributed by atoms with E-state index in [-0.39, 0.29) is 12.3 Å². The van der Waals surface area contributed by atoms with Crippen molar-refractivity contribution in [3.8, 4) is 0 Å². The first-order valence-corrected chi connectivity index (χ1v) is 8.47. The minimum absolute atomic E-state index is 0.165. The molecule has 6 heteroatoms. The van der Waals surface area contributed by atoms with E-state index in [1.165, 1.54) is 0 Å². The molecule has 1 amide bonds. The van der Waals surface area contributed by atoms with Crippen molar-refractivity contribution >= 4 is 16.9 Å². The van der Waals surface area contributed by atoms with E-state index >= 15 is 0 Å². The number of hydrogen-bond acceptors (Lipinski definition) is 3. The summed E-state index contributed by atoms with van der Waals surface area (Å²) in [5.74, 6) is -0.362. The molecule has 0 atom stereocenters. The molecule has 0 aliphatic carbocycles. The molecule has 0 saturated heterocycles. The number of amides is 1. The number of nitrogens with one attached hydrogen (secondary N) is 1. The number of aromatic nitrogens is 4. The van der Waals surface area contributed by atoms with E-state index in [4.69, 9.17) is 5.73 Å². The van der Waals surface area contributed by atoms with Crippen LogP contribution in [0.5, 0.6) is 0 Å². The average molecular weight is 345 g/mol. The molecule has 0 aliphatic heterocycles. The largest absolute Gasteiger partial charge is 0.369 e. The van der Waals surface area contributed by atoms with Crippen molar-refractivity contribution in [2.75, 3.05) is 0 Å². The van der Waals surface area contributed by atoms with Gasteiger partial charge in [0.25, 0.3) is 0 Å². The molecule has 6 nitrogen and oxygen atoms in total. The molecule has 4 aromatic rings. The van der Waals surface area contributed by atoms with Gasteiger partial charge in [-0.25, -0.2) is 9.97 Å². The van der Waals surface area contributed by atoms with E-state index in [2.05, 4.69) is 27.1 Å². The van der Waals surface area contributed by atoms with Crippen molar-refractivity contribution in [2.24, 2.45) is 5.73 Å². The Morgan fingerprint density at radius 1 is 1.08 bits per heavy atom. The number of primary amides is 1. The zero-order chi connectivity index (χ0) is 17.9. The van der Waals surface area contributed by atoms with E-state index in [0.29, 0.717) is 13.0 Å². The van der Waals surface area contributed by atoms with Crippen LogP contribution in [0.4, 0.5) is 0 Å². The number of imidazole rings is 2. The summed E-state index contributed by atoms with van der Waals surface area (Å²) in [5.41, 5.74) is 11.4. The predicted octanol–water partition coefficient (Wildman–Crippen LogP) is 2.43. The molecule has 0 radical (unpaired) electrons. The van der Waals surface area contributed by atoms with Gasteiger partial charge in [0.2, 0.25) is 5.91 Å². The number of fused-ring (bicyclic) bond motifs is 1. The van der Waals surface area contributed by atoms with Crippen molar-refractivity contribution in [2.45, 2.75) is 19.4 Å². The standard InChI is InChI=1S/C20H19N5O/c21-19(26)10-18-17(9-14-5-2-1-3-6-14)24-13-25(18)11-15-7-4-8-16-20(15)23-12-22-16/h1-8,12-13H,9-11H2,(H2,21,26)(H,22,23). The number of aromatic amines is 1. The summed E-state index contributed by atoms with van der Waals surface area (Å²) in [6.45, 7) is 0.590. The number of rotatable bonds is 6. The Morgan fingerprint density at radius 3 is 2.73 bits per heavy atom. The third kappa shape index (κ3) is 3.21. The Bertz CT molecular complexity index is 1050. The molecule has 0 saturated carbocycles. The molecule has 0 unspecified atom stereocenters. The van der Waals surface area contributed by atoms with Crippen molar-refractivity contribution in [3.63, 3.8) is 0 Å². The Morgan fingerprint density at radius 2 is 1.92 bits per heavy atom. The maximum Gasteiger partial charge on any atom is 0.223 e. The van der Waals surface area contributed by atoms with Crippen molar-refractivity contribution in [3.05, 3.63) is 83.7 Å². The summed E-state index contributed by atoms with van der Waals surface area (Å²) < 4.78 is 1.99. The van der Waals surface area contributed by atoms with Crippen LogP contribution in [0.15, 0.2) is 61.2 Å². The average Bonchev–Trinajstić information content (AvgIpc) is 3.25. The smallest absolute Gasteiger partial charge is 0.223 e. The van der Waals surface area contributed by atoms with Gasteiger partial charge in [0, 0.05) is 6.42 Å². The highest BCUT2D eigenvalue weighted by Crippen LogP contribution is 2.19. The second-order valence-corrected chi connectivity index (χ2v) is 6.29. The Labute approximate surface area is 150 Å². The van der Waals surface area contributed by atoms with E-state index in [1.807, 2.05) is 41.0 Å². The predicted molar refractivity (Wildman–Crippen MR) is 99.6 cm³/mol. The minimum Gasteiger partial charge on any atom is -0.369 e. The van der Waals surface area contributed by atoms with Gasteiger partial charge < -0.3 is 15.3 Å². The molecule has 0 fully saturated rings. The number of carbonyl (C=O) groups is 1. The monoisotopic (exact) mass is 345 g/mol. The molecule has 2 heterocycles. The van der Waals surface area contributed by atoms with Crippen LogP contribution >= 0.6 is 0 Å². The highest BCUT2D eigenvalue weighted by atomic mass is 16.1. The van der Waals surface area contributed by atoms with Gasteiger partial charge in [-0.15, -0.1) is 0 Å². The van der Waals surface area contributed by atoms with Gasteiger partial charge >= 0.3 is 0 Å². The lowest BCUT2D eigenvalue weighted by atomic mass is 10.1. The van der Waals surface area contributed by atoms with E-state index in [1.54, 1.807) is 12.7 Å². The van der Waals surface area contributed by atoms with Crippen molar-refractivity contribution in [1.29, 1.82) is 0 Å². The Balaban J connectivity index is 1.69. The van der Waals surface area contributed by atoms with Gasteiger partial charge in [-0.2, -0.15) is 0 Å². The number of benzene rings is 2. The topological polar surface area (TPSA) is 89.6 Å². The third-order valence-corrected chi connectivity index (χ3v) is 4.46. The lowest BCUT2D eigenvalue weighted by molar-refractivity contribution is -0.117. The normalized spacial score (nSPS) is 11.1. The van der Waals surface area contributed by atoms with E-state index in [9.17, 15) is 4.79 Å². The van der Waals surface area contributed by atoms with Crippen LogP contribution in [0.25, 0.3) is 11.0 Å². The first-order valence-electron chi connectivity index (χ1n) is 8.47. The molecule has 2 aromatic heterocycles. The van der Waals surface area contributed by atoms with Crippen LogP contribution < -0.4 is 5.73 Å². The van der Waals surface area contributed by atoms with Crippen LogP contribution in [0.3, 0.4) is 0 Å². The quantitative estimate of drug-likeness (QED) is 0.562. The van der Waals surface area contributed by atoms with Gasteiger partial charge in [0.15, 0.2) is 0 Å². The summed E-state index contributed by atoms with van der Waals surface area (Å²) >= 11 is 0. The zero-order valence-corrected chi connectivity index (χ0v) is 14.2. The fourth-order valence-corrected chi connectivity index (χ4v) is 3.23. The highest BCUT2D eigenvalue weighted by molar-refractivity contribution is 5.78. The maximum absolute atomic E-state index is 11.6. The number of nitrogens with zero attached hydrogens (tertiary/aromatic N) is 3. The second-order valence-electron chi connectivity index (χ2n) is 6.29. The lowest BCUT2D eigenvalue weighted by Gasteiger charge is -2.10. The zero-order valence-electron chi connectivity index (χ0n) is 14.2. The summed E-state index contributed by atoms with van der Waals surface area (Å²) in [4.78, 5) is 23.7. The highest BCUT2D eigenvalue weighted by Gasteiger charge is 2.15. The van der Waals surface area contributed by atoms with Crippen LogP contribution in [-0.2, 0) is 24.2 Å². The molecule has 2 aromatic carbocycles. The molecule has 26 heavy (non-hydrogen) atoms. The molecule has 0 spiro atoms. The molecular formula is C20H19N5O. The van der Waals surface area contributed by atoms with Crippen LogP contribution in [0.2, 0.25) is 0 Å². The molecule has 0 aliphatic rings. The van der Waals surface area contributed by atoms with Gasteiger partial charge in [-0.05, 0) is 17.2 Å². The molecule has 0 bridgehead atoms. The van der Waals surface area contributed by atoms with Gasteiger partial charge in [-0.3, -0.25) is 4.79 Å². The Hall–Kier alpha value is -3.41. The van der Waals surface area contributed by atoms with Crippen LogP contribution in [0, 0.1) is 0 Å². The molecular weight excluding hydrogens is 326 g/mol. The first-order chi connectivity index (χ1) is 12.7. The molecule has 130 valence electrons. The maximum atomic E-state index is 11.6. The summed E-state index contributed by atoms with van der Waals surface area (Å²) in [6.07, 6.45) is 4.30. The fraction of sp³-hybridized carbons (Fsp3) is 0.150.